The number of nitro benzene ring substituents is 1. The Kier molecular flexibility index (Phi) is 8.33. The Morgan fingerprint density at radius 1 is 1.00 bits per heavy atom. The molecule has 5 rings (SSSR count). The third kappa shape index (κ3) is 6.23. The lowest BCUT2D eigenvalue weighted by Gasteiger charge is -2.26. The second kappa shape index (κ2) is 12.0. The van der Waals surface area contributed by atoms with Gasteiger partial charge < -0.3 is 10.1 Å². The number of amides is 1. The number of anilines is 1. The minimum Gasteiger partial charge on any atom is -0.485 e. The first-order valence-electron chi connectivity index (χ1n) is 13.4. The molecular weight excluding hydrogens is 599 g/mol. The summed E-state index contributed by atoms with van der Waals surface area (Å²) in [6, 6.07) is 20.1. The standard InChI is InChI=1S/C31H26F3N3O6S/c1-20-9-14-27(37(39)40)29(17-20)43-16-15-35-30(38)28-19-23-5-2-3-8-26(23)36(28)44(41,42)25-12-10-21(11-13-25)22-6-4-7-24(18-22)31(32,33)34/h2-14,17-18,28H,15-16,19H2,1H3,(H,35,38)/t28-/m0/s1. The molecule has 0 saturated heterocycles. The van der Waals surface area contributed by atoms with Gasteiger partial charge in [-0.3, -0.25) is 19.2 Å². The van der Waals surface area contributed by atoms with Crippen LogP contribution in [0.5, 0.6) is 5.75 Å². The number of carbonyl (C=O) groups is 1. The number of carbonyl (C=O) groups excluding carboxylic acids is 1. The van der Waals surface area contributed by atoms with E-state index in [9.17, 15) is 36.5 Å². The molecule has 0 fully saturated rings. The Hall–Kier alpha value is -4.91. The van der Waals surface area contributed by atoms with Gasteiger partial charge in [0.1, 0.15) is 12.6 Å². The average Bonchev–Trinajstić information content (AvgIpc) is 3.40. The maximum atomic E-state index is 13.9. The molecule has 0 aliphatic carbocycles. The summed E-state index contributed by atoms with van der Waals surface area (Å²) >= 11 is 0. The largest absolute Gasteiger partial charge is 0.485 e. The number of aryl methyl sites for hydroxylation is 1. The number of hydrogen-bond acceptors (Lipinski definition) is 6. The number of fused-ring (bicyclic) bond motifs is 1. The number of alkyl halides is 3. The van der Waals surface area contributed by atoms with Gasteiger partial charge in [-0.25, -0.2) is 8.42 Å². The third-order valence-corrected chi connectivity index (χ3v) is 8.97. The highest BCUT2D eigenvalue weighted by molar-refractivity contribution is 7.93. The first-order chi connectivity index (χ1) is 20.9. The van der Waals surface area contributed by atoms with Crippen LogP contribution in [0, 0.1) is 17.0 Å². The summed E-state index contributed by atoms with van der Waals surface area (Å²) in [7, 11) is -4.28. The van der Waals surface area contributed by atoms with Gasteiger partial charge in [0.15, 0.2) is 5.75 Å². The smallest absolute Gasteiger partial charge is 0.416 e. The Labute approximate surface area is 251 Å². The number of halogens is 3. The summed E-state index contributed by atoms with van der Waals surface area (Å²) in [6.45, 7) is 1.61. The fraction of sp³-hybridized carbons (Fsp3) is 0.194. The van der Waals surface area contributed by atoms with Crippen LogP contribution in [0.15, 0.2) is 95.9 Å². The van der Waals surface area contributed by atoms with E-state index in [1.54, 1.807) is 37.3 Å². The predicted octanol–water partition coefficient (Wildman–Crippen LogP) is 5.90. The van der Waals surface area contributed by atoms with Crippen LogP contribution in [0.25, 0.3) is 11.1 Å². The Morgan fingerprint density at radius 3 is 2.43 bits per heavy atom. The zero-order valence-corrected chi connectivity index (χ0v) is 24.1. The summed E-state index contributed by atoms with van der Waals surface area (Å²) in [6.07, 6.45) is -4.42. The van der Waals surface area contributed by atoms with Gasteiger partial charge in [0.25, 0.3) is 10.0 Å². The van der Waals surface area contributed by atoms with Gasteiger partial charge in [-0.05, 0) is 65.6 Å². The van der Waals surface area contributed by atoms with Crippen LogP contribution in [0.2, 0.25) is 0 Å². The predicted molar refractivity (Wildman–Crippen MR) is 157 cm³/mol. The van der Waals surface area contributed by atoms with Gasteiger partial charge in [0, 0.05) is 12.5 Å². The van der Waals surface area contributed by atoms with E-state index in [0.717, 1.165) is 22.0 Å². The third-order valence-electron chi connectivity index (χ3n) is 7.13. The molecule has 1 aliphatic rings. The number of hydrogen-bond donors (Lipinski definition) is 1. The van der Waals surface area contributed by atoms with E-state index in [0.29, 0.717) is 16.8 Å². The molecule has 0 radical (unpaired) electrons. The van der Waals surface area contributed by atoms with Crippen molar-refractivity contribution in [3.8, 4) is 16.9 Å². The maximum absolute atomic E-state index is 13.9. The molecule has 0 saturated carbocycles. The van der Waals surface area contributed by atoms with E-state index in [-0.39, 0.29) is 41.5 Å². The molecule has 0 aromatic heterocycles. The molecule has 228 valence electrons. The van der Waals surface area contributed by atoms with Crippen LogP contribution in [-0.4, -0.2) is 38.4 Å². The van der Waals surface area contributed by atoms with Crippen molar-refractivity contribution in [2.75, 3.05) is 17.5 Å². The highest BCUT2D eigenvalue weighted by atomic mass is 32.2. The molecule has 1 atom stereocenters. The van der Waals surface area contributed by atoms with Crippen LogP contribution >= 0.6 is 0 Å². The molecule has 0 spiro atoms. The zero-order chi connectivity index (χ0) is 31.6. The number of nitrogens with zero attached hydrogens (tertiary/aromatic N) is 2. The molecule has 4 aromatic carbocycles. The van der Waals surface area contributed by atoms with Gasteiger partial charge >= 0.3 is 11.9 Å². The quantitative estimate of drug-likeness (QED) is 0.141. The number of rotatable bonds is 9. The van der Waals surface area contributed by atoms with Gasteiger partial charge in [-0.2, -0.15) is 13.2 Å². The van der Waals surface area contributed by atoms with Crippen LogP contribution in [0.3, 0.4) is 0 Å². The minimum atomic E-state index is -4.53. The molecule has 44 heavy (non-hydrogen) atoms. The Bertz CT molecular complexity index is 1830. The molecule has 1 aliphatic heterocycles. The molecule has 13 heteroatoms. The lowest BCUT2D eigenvalue weighted by molar-refractivity contribution is -0.385. The average molecular weight is 626 g/mol. The molecule has 0 bridgehead atoms. The van der Waals surface area contributed by atoms with Crippen molar-refractivity contribution in [1.29, 1.82) is 0 Å². The lowest BCUT2D eigenvalue weighted by atomic mass is 10.0. The fourth-order valence-corrected chi connectivity index (χ4v) is 6.65. The fourth-order valence-electron chi connectivity index (χ4n) is 5.00. The number of para-hydroxylation sites is 1. The Balaban J connectivity index is 1.34. The van der Waals surface area contributed by atoms with E-state index in [1.807, 2.05) is 0 Å². The number of ether oxygens (including phenoxy) is 1. The van der Waals surface area contributed by atoms with E-state index in [2.05, 4.69) is 5.32 Å². The molecular formula is C31H26F3N3O6S. The molecule has 1 heterocycles. The second-order valence-electron chi connectivity index (χ2n) is 10.1. The van der Waals surface area contributed by atoms with Crippen LogP contribution in [0.1, 0.15) is 16.7 Å². The van der Waals surface area contributed by atoms with Crippen molar-refractivity contribution in [2.45, 2.75) is 30.5 Å². The molecule has 4 aromatic rings. The minimum absolute atomic E-state index is 0.0453. The molecule has 1 N–H and O–H groups in total. The van der Waals surface area contributed by atoms with Crippen LogP contribution in [-0.2, 0) is 27.4 Å². The monoisotopic (exact) mass is 625 g/mol. The van der Waals surface area contributed by atoms with Gasteiger partial charge in [0.2, 0.25) is 5.91 Å². The van der Waals surface area contributed by atoms with E-state index >= 15 is 0 Å². The first kappa shape index (κ1) is 30.5. The highest BCUT2D eigenvalue weighted by Crippen LogP contribution is 2.38. The van der Waals surface area contributed by atoms with E-state index in [1.165, 1.54) is 48.5 Å². The Morgan fingerprint density at radius 2 is 1.73 bits per heavy atom. The van der Waals surface area contributed by atoms with Crippen molar-refractivity contribution in [2.24, 2.45) is 0 Å². The summed E-state index contributed by atoms with van der Waals surface area (Å²) < 4.78 is 73.9. The molecule has 1 amide bonds. The van der Waals surface area contributed by atoms with Crippen molar-refractivity contribution in [3.05, 3.63) is 118 Å². The van der Waals surface area contributed by atoms with Gasteiger partial charge in [-0.1, -0.05) is 48.5 Å². The maximum Gasteiger partial charge on any atom is 0.416 e. The number of nitro groups is 1. The summed E-state index contributed by atoms with van der Waals surface area (Å²) in [4.78, 5) is 23.9. The van der Waals surface area contributed by atoms with Crippen LogP contribution in [0.4, 0.5) is 24.5 Å². The SMILES string of the molecule is Cc1ccc([N+](=O)[O-])c(OCCNC(=O)[C@@H]2Cc3ccccc3N2S(=O)(=O)c2ccc(-c3cccc(C(F)(F)F)c3)cc2)c1. The van der Waals surface area contributed by atoms with Crippen molar-refractivity contribution in [3.63, 3.8) is 0 Å². The second-order valence-corrected chi connectivity index (χ2v) is 11.9. The van der Waals surface area contributed by atoms with Crippen molar-refractivity contribution >= 4 is 27.3 Å². The number of benzene rings is 4. The first-order valence-corrected chi connectivity index (χ1v) is 14.9. The molecule has 9 nitrogen and oxygen atoms in total. The summed E-state index contributed by atoms with van der Waals surface area (Å²) in [5, 5.41) is 14.0. The lowest BCUT2D eigenvalue weighted by Crippen LogP contribution is -2.48. The highest BCUT2D eigenvalue weighted by Gasteiger charge is 2.42. The number of nitrogens with one attached hydrogen (secondary N) is 1. The number of sulfonamides is 1. The molecule has 0 unspecified atom stereocenters. The topological polar surface area (TPSA) is 119 Å². The zero-order valence-electron chi connectivity index (χ0n) is 23.2. The van der Waals surface area contributed by atoms with Gasteiger partial charge in [0.05, 0.1) is 27.6 Å². The normalized spacial score (nSPS) is 14.6. The van der Waals surface area contributed by atoms with Crippen molar-refractivity contribution < 1.29 is 36.0 Å². The van der Waals surface area contributed by atoms with Gasteiger partial charge in [-0.15, -0.1) is 0 Å². The van der Waals surface area contributed by atoms with E-state index < -0.39 is 38.6 Å². The summed E-state index contributed by atoms with van der Waals surface area (Å²) in [5.41, 5.74) is 1.35. The van der Waals surface area contributed by atoms with Crippen molar-refractivity contribution in [1.82, 2.24) is 5.32 Å². The van der Waals surface area contributed by atoms with E-state index in [4.69, 9.17) is 4.74 Å². The van der Waals surface area contributed by atoms with Crippen LogP contribution < -0.4 is 14.4 Å². The summed E-state index contributed by atoms with van der Waals surface area (Å²) in [5.74, 6) is -0.539.